The van der Waals surface area contributed by atoms with Crippen molar-refractivity contribution in [1.82, 2.24) is 0 Å². The van der Waals surface area contributed by atoms with Crippen LogP contribution < -0.4 is 0 Å². The summed E-state index contributed by atoms with van der Waals surface area (Å²) >= 11 is 0. The van der Waals surface area contributed by atoms with Crippen LogP contribution in [-0.4, -0.2) is 39.8 Å². The predicted molar refractivity (Wildman–Crippen MR) is 94.0 cm³/mol. The minimum atomic E-state index is -1.63. The smallest absolute Gasteiger partial charge is 0.190 e. The molecule has 0 aromatic heterocycles. The second kappa shape index (κ2) is 5.46. The highest BCUT2D eigenvalue weighted by Gasteiger charge is 2.67. The monoisotopic (exact) mass is 358 g/mol. The Labute approximate surface area is 153 Å². The molecule has 26 heavy (non-hydrogen) atoms. The largest absolute Gasteiger partial charge is 0.388 e. The normalized spacial score (nSPS) is 47.1. The van der Waals surface area contributed by atoms with Crippen molar-refractivity contribution in [3.8, 4) is 0 Å². The molecule has 2 fully saturated rings. The van der Waals surface area contributed by atoms with E-state index in [9.17, 15) is 24.6 Å². The van der Waals surface area contributed by atoms with Gasteiger partial charge in [-0.1, -0.05) is 31.6 Å². The third-order valence-electron chi connectivity index (χ3n) is 7.97. The van der Waals surface area contributed by atoms with Crippen molar-refractivity contribution >= 4 is 17.3 Å². The number of hydrogen-bond donors (Lipinski definition) is 2. The predicted octanol–water partition coefficient (Wildman–Crippen LogP) is 1.77. The summed E-state index contributed by atoms with van der Waals surface area (Å²) in [5, 5.41) is 20.5. The van der Waals surface area contributed by atoms with Crippen LogP contribution in [0.1, 0.15) is 46.0 Å². The molecule has 2 N–H and O–H groups in total. The van der Waals surface area contributed by atoms with Crippen LogP contribution in [0.25, 0.3) is 0 Å². The summed E-state index contributed by atoms with van der Waals surface area (Å²) in [7, 11) is 0. The van der Waals surface area contributed by atoms with E-state index in [1.54, 1.807) is 6.08 Å². The average Bonchev–Trinajstić information content (AvgIpc) is 2.86. The number of allylic oxidation sites excluding steroid dienone is 4. The summed E-state index contributed by atoms with van der Waals surface area (Å²) in [5.41, 5.74) is -1.88. The van der Waals surface area contributed by atoms with E-state index in [2.05, 4.69) is 6.08 Å². The molecule has 0 amide bonds. The maximum atomic E-state index is 13.3. The van der Waals surface area contributed by atoms with Crippen LogP contribution in [0, 0.1) is 28.6 Å². The number of aliphatic hydroxyl groups is 2. The highest BCUT2D eigenvalue weighted by atomic mass is 16.3. The Morgan fingerprint density at radius 2 is 2.04 bits per heavy atom. The van der Waals surface area contributed by atoms with Crippen LogP contribution >= 0.6 is 0 Å². The van der Waals surface area contributed by atoms with Gasteiger partial charge in [-0.25, -0.2) is 0 Å². The van der Waals surface area contributed by atoms with Crippen LogP contribution in [0.15, 0.2) is 23.8 Å². The van der Waals surface area contributed by atoms with E-state index in [1.165, 1.54) is 0 Å². The fourth-order valence-corrected chi connectivity index (χ4v) is 6.53. The van der Waals surface area contributed by atoms with Gasteiger partial charge < -0.3 is 10.2 Å². The molecule has 0 aliphatic heterocycles. The van der Waals surface area contributed by atoms with Crippen LogP contribution in [0.4, 0.5) is 0 Å². The zero-order valence-electron chi connectivity index (χ0n) is 15.3. The third-order valence-corrected chi connectivity index (χ3v) is 7.97. The van der Waals surface area contributed by atoms with E-state index >= 15 is 0 Å². The lowest BCUT2D eigenvalue weighted by molar-refractivity contribution is -0.167. The quantitative estimate of drug-likeness (QED) is 0.734. The number of hydrogen-bond acceptors (Lipinski definition) is 5. The third kappa shape index (κ3) is 2.01. The standard InChI is InChI=1S/C21H26O5/c1-19-7-5-13(23)9-12(19)3-4-14-15-6-8-21(26,17(25)11-22)20(15,2)10-16(24)18(14)19/h3,5,7,14-15,18,22,26H,4,6,8-11H2,1-2H3/t14-,15?,18?,19-,20-,21-/m0/s1. The lowest BCUT2D eigenvalue weighted by Crippen LogP contribution is -2.60. The summed E-state index contributed by atoms with van der Waals surface area (Å²) in [5.74, 6) is -0.553. The maximum Gasteiger partial charge on any atom is 0.190 e. The second-order valence-electron chi connectivity index (χ2n) is 9.01. The van der Waals surface area contributed by atoms with Crippen LogP contribution in [-0.2, 0) is 14.4 Å². The first kappa shape index (κ1) is 17.8. The first-order valence-corrected chi connectivity index (χ1v) is 9.48. The lowest BCUT2D eigenvalue weighted by atomic mass is 9.47. The molecule has 5 heteroatoms. The molecule has 140 valence electrons. The van der Waals surface area contributed by atoms with Gasteiger partial charge in [-0.2, -0.15) is 0 Å². The van der Waals surface area contributed by atoms with Gasteiger partial charge in [0.15, 0.2) is 11.6 Å². The van der Waals surface area contributed by atoms with Crippen molar-refractivity contribution in [2.75, 3.05) is 6.61 Å². The van der Waals surface area contributed by atoms with Gasteiger partial charge in [0.2, 0.25) is 0 Å². The second-order valence-corrected chi connectivity index (χ2v) is 9.01. The summed E-state index contributed by atoms with van der Waals surface area (Å²) in [6.45, 7) is 3.18. The highest BCUT2D eigenvalue weighted by molar-refractivity contribution is 5.96. The molecule has 2 unspecified atom stereocenters. The van der Waals surface area contributed by atoms with E-state index in [4.69, 9.17) is 0 Å². The summed E-state index contributed by atoms with van der Waals surface area (Å²) in [6.07, 6.45) is 7.78. The van der Waals surface area contributed by atoms with E-state index in [0.717, 1.165) is 5.57 Å². The Morgan fingerprint density at radius 1 is 1.31 bits per heavy atom. The van der Waals surface area contributed by atoms with Crippen LogP contribution in [0.3, 0.4) is 0 Å². The summed E-state index contributed by atoms with van der Waals surface area (Å²) in [4.78, 5) is 37.4. The van der Waals surface area contributed by atoms with Crippen molar-refractivity contribution in [2.24, 2.45) is 28.6 Å². The van der Waals surface area contributed by atoms with Gasteiger partial charge >= 0.3 is 0 Å². The molecule has 4 aliphatic rings. The minimum Gasteiger partial charge on any atom is -0.388 e. The molecule has 4 aliphatic carbocycles. The molecule has 0 aromatic carbocycles. The SMILES string of the molecule is C[C@]12C=CC(=O)CC1=CC[C@@H]1C2C(=O)C[C@@]2(C)C1CC[C@]2(O)C(=O)CO. The van der Waals surface area contributed by atoms with Crippen molar-refractivity contribution in [3.05, 3.63) is 23.8 Å². The molecule has 6 atom stereocenters. The zero-order valence-corrected chi connectivity index (χ0v) is 15.3. The number of aliphatic hydroxyl groups excluding tert-OH is 1. The molecule has 5 nitrogen and oxygen atoms in total. The molecule has 0 aromatic rings. The Bertz CT molecular complexity index is 764. The van der Waals surface area contributed by atoms with Crippen molar-refractivity contribution in [1.29, 1.82) is 0 Å². The van der Waals surface area contributed by atoms with E-state index in [-0.39, 0.29) is 35.7 Å². The van der Waals surface area contributed by atoms with Crippen LogP contribution in [0.2, 0.25) is 0 Å². The highest BCUT2D eigenvalue weighted by Crippen LogP contribution is 2.65. The topological polar surface area (TPSA) is 91.7 Å². The first-order chi connectivity index (χ1) is 12.2. The Hall–Kier alpha value is -1.59. The van der Waals surface area contributed by atoms with Crippen molar-refractivity contribution in [3.63, 3.8) is 0 Å². The van der Waals surface area contributed by atoms with Crippen molar-refractivity contribution in [2.45, 2.75) is 51.6 Å². The molecule has 0 spiro atoms. The van der Waals surface area contributed by atoms with Crippen molar-refractivity contribution < 1.29 is 24.6 Å². The average molecular weight is 358 g/mol. The molecule has 0 bridgehead atoms. The molecule has 0 heterocycles. The molecule has 2 saturated carbocycles. The van der Waals surface area contributed by atoms with Gasteiger partial charge in [0, 0.05) is 29.6 Å². The lowest BCUT2D eigenvalue weighted by Gasteiger charge is -2.56. The van der Waals surface area contributed by atoms with Gasteiger partial charge in [0.25, 0.3) is 0 Å². The fourth-order valence-electron chi connectivity index (χ4n) is 6.53. The van der Waals surface area contributed by atoms with E-state index < -0.39 is 28.8 Å². The molecular formula is C21H26O5. The minimum absolute atomic E-state index is 0.0475. The number of carbonyl (C=O) groups excluding carboxylic acids is 3. The van der Waals surface area contributed by atoms with E-state index in [0.29, 0.717) is 25.7 Å². The van der Waals surface area contributed by atoms with Gasteiger partial charge in [-0.15, -0.1) is 0 Å². The maximum absolute atomic E-state index is 13.3. The first-order valence-electron chi connectivity index (χ1n) is 9.48. The number of Topliss-reactive ketones (excluding diaryl/α,β-unsaturated/α-hetero) is 2. The summed E-state index contributed by atoms with van der Waals surface area (Å²) < 4.78 is 0. The molecular weight excluding hydrogens is 332 g/mol. The molecule has 4 rings (SSSR count). The van der Waals surface area contributed by atoms with Gasteiger partial charge in [-0.3, -0.25) is 14.4 Å². The summed E-state index contributed by atoms with van der Waals surface area (Å²) in [6, 6.07) is 0. The Balaban J connectivity index is 1.77. The van der Waals surface area contributed by atoms with Crippen LogP contribution in [0.5, 0.6) is 0 Å². The van der Waals surface area contributed by atoms with Gasteiger partial charge in [0.05, 0.1) is 0 Å². The molecule has 0 saturated heterocycles. The van der Waals surface area contributed by atoms with Gasteiger partial charge in [0.1, 0.15) is 18.0 Å². The molecule has 0 radical (unpaired) electrons. The number of carbonyl (C=O) groups is 3. The van der Waals surface area contributed by atoms with E-state index in [1.807, 2.05) is 19.9 Å². The number of fused-ring (bicyclic) bond motifs is 5. The zero-order chi connectivity index (χ0) is 18.9. The Morgan fingerprint density at radius 3 is 2.73 bits per heavy atom. The number of ketones is 3. The fraction of sp³-hybridized carbons (Fsp3) is 0.667. The Kier molecular flexibility index (Phi) is 3.74. The van der Waals surface area contributed by atoms with Gasteiger partial charge in [-0.05, 0) is 37.2 Å². The number of rotatable bonds is 2.